The summed E-state index contributed by atoms with van der Waals surface area (Å²) in [6.07, 6.45) is 2.24. The van der Waals surface area contributed by atoms with Crippen LogP contribution in [0.2, 0.25) is 0 Å². The monoisotopic (exact) mass is 235 g/mol. The molecule has 0 radical (unpaired) electrons. The molecule has 1 aromatic carbocycles. The van der Waals surface area contributed by atoms with Crippen molar-refractivity contribution in [1.82, 2.24) is 0 Å². The van der Waals surface area contributed by atoms with Gasteiger partial charge in [0.15, 0.2) is 0 Å². The molecule has 3 heteroatoms. The Balaban J connectivity index is 2.51. The highest BCUT2D eigenvalue weighted by molar-refractivity contribution is 5.68. The predicted molar refractivity (Wildman–Crippen MR) is 69.9 cm³/mol. The quantitative estimate of drug-likeness (QED) is 0.871. The molecule has 17 heavy (non-hydrogen) atoms. The van der Waals surface area contributed by atoms with Crippen LogP contribution in [-0.2, 0) is 6.42 Å². The Bertz CT molecular complexity index is 403. The standard InChI is InChI=1S/C14H21NO2/c1-10-4-7-13(17-3)14-12(10)6-5-11(2)15(14)8-9-16/h4,7,11,16H,5-6,8-9H2,1-3H3. The molecule has 0 amide bonds. The summed E-state index contributed by atoms with van der Waals surface area (Å²) in [7, 11) is 1.71. The first kappa shape index (κ1) is 12.2. The number of hydrogen-bond donors (Lipinski definition) is 1. The highest BCUT2D eigenvalue weighted by atomic mass is 16.5. The van der Waals surface area contributed by atoms with Crippen LogP contribution in [0.1, 0.15) is 24.5 Å². The van der Waals surface area contributed by atoms with Gasteiger partial charge in [-0.2, -0.15) is 0 Å². The van der Waals surface area contributed by atoms with Gasteiger partial charge in [0.1, 0.15) is 5.75 Å². The summed E-state index contributed by atoms with van der Waals surface area (Å²) in [6, 6.07) is 4.60. The maximum atomic E-state index is 9.21. The van der Waals surface area contributed by atoms with E-state index in [0.29, 0.717) is 12.6 Å². The van der Waals surface area contributed by atoms with Crippen molar-refractivity contribution in [2.75, 3.05) is 25.2 Å². The van der Waals surface area contributed by atoms with Crippen LogP contribution in [-0.4, -0.2) is 31.4 Å². The highest BCUT2D eigenvalue weighted by Gasteiger charge is 2.26. The molecule has 0 aromatic heterocycles. The van der Waals surface area contributed by atoms with Crippen LogP contribution in [0.4, 0.5) is 5.69 Å². The van der Waals surface area contributed by atoms with Gasteiger partial charge in [0.25, 0.3) is 0 Å². The van der Waals surface area contributed by atoms with Crippen molar-refractivity contribution < 1.29 is 9.84 Å². The molecule has 3 nitrogen and oxygen atoms in total. The summed E-state index contributed by atoms with van der Waals surface area (Å²) in [5.41, 5.74) is 3.87. The van der Waals surface area contributed by atoms with E-state index in [1.54, 1.807) is 7.11 Å². The van der Waals surface area contributed by atoms with Gasteiger partial charge in [0, 0.05) is 12.6 Å². The third-order valence-electron chi connectivity index (χ3n) is 3.67. The maximum Gasteiger partial charge on any atom is 0.142 e. The minimum absolute atomic E-state index is 0.181. The minimum atomic E-state index is 0.181. The van der Waals surface area contributed by atoms with Gasteiger partial charge in [-0.1, -0.05) is 6.07 Å². The molecule has 1 N–H and O–H groups in total. The van der Waals surface area contributed by atoms with E-state index in [2.05, 4.69) is 24.8 Å². The second-order valence-electron chi connectivity index (χ2n) is 4.72. The molecule has 0 spiro atoms. The van der Waals surface area contributed by atoms with Crippen molar-refractivity contribution >= 4 is 5.69 Å². The van der Waals surface area contributed by atoms with Crippen LogP contribution in [0.5, 0.6) is 5.75 Å². The Kier molecular flexibility index (Phi) is 3.57. The number of methoxy groups -OCH3 is 1. The molecule has 0 aliphatic carbocycles. The Morgan fingerprint density at radius 3 is 2.88 bits per heavy atom. The summed E-state index contributed by atoms with van der Waals surface area (Å²) >= 11 is 0. The summed E-state index contributed by atoms with van der Waals surface area (Å²) < 4.78 is 5.47. The van der Waals surface area contributed by atoms with Crippen molar-refractivity contribution in [3.63, 3.8) is 0 Å². The number of aliphatic hydroxyl groups excluding tert-OH is 1. The molecule has 0 saturated heterocycles. The fraction of sp³-hybridized carbons (Fsp3) is 0.571. The van der Waals surface area contributed by atoms with Crippen molar-refractivity contribution in [3.05, 3.63) is 23.3 Å². The van der Waals surface area contributed by atoms with Crippen LogP contribution in [0.25, 0.3) is 0 Å². The smallest absolute Gasteiger partial charge is 0.142 e. The van der Waals surface area contributed by atoms with Gasteiger partial charge in [0.2, 0.25) is 0 Å². The Labute approximate surface area is 103 Å². The SMILES string of the molecule is COc1ccc(C)c2c1N(CCO)C(C)CC2. The Morgan fingerprint density at radius 2 is 2.24 bits per heavy atom. The van der Waals surface area contributed by atoms with E-state index in [0.717, 1.165) is 18.6 Å². The van der Waals surface area contributed by atoms with E-state index in [9.17, 15) is 5.11 Å². The number of aliphatic hydroxyl groups is 1. The molecular formula is C14H21NO2. The molecule has 2 rings (SSSR count). The van der Waals surface area contributed by atoms with Gasteiger partial charge >= 0.3 is 0 Å². The number of benzene rings is 1. The van der Waals surface area contributed by atoms with Gasteiger partial charge in [-0.3, -0.25) is 0 Å². The van der Waals surface area contributed by atoms with Crippen molar-refractivity contribution in [3.8, 4) is 5.75 Å². The minimum Gasteiger partial charge on any atom is -0.495 e. The average Bonchev–Trinajstić information content (AvgIpc) is 2.33. The number of nitrogens with zero attached hydrogens (tertiary/aromatic N) is 1. The number of hydrogen-bond acceptors (Lipinski definition) is 3. The second-order valence-corrected chi connectivity index (χ2v) is 4.72. The van der Waals surface area contributed by atoms with Crippen LogP contribution >= 0.6 is 0 Å². The normalized spacial score (nSPS) is 19.1. The fourth-order valence-electron chi connectivity index (χ4n) is 2.68. The van der Waals surface area contributed by atoms with E-state index in [1.165, 1.54) is 16.8 Å². The zero-order chi connectivity index (χ0) is 12.4. The zero-order valence-corrected chi connectivity index (χ0v) is 10.9. The molecule has 1 unspecified atom stereocenters. The molecule has 1 heterocycles. The molecule has 0 fully saturated rings. The first-order chi connectivity index (χ1) is 8.19. The van der Waals surface area contributed by atoms with Crippen LogP contribution in [0.3, 0.4) is 0 Å². The van der Waals surface area contributed by atoms with Crippen LogP contribution in [0.15, 0.2) is 12.1 Å². The molecule has 1 aliphatic rings. The van der Waals surface area contributed by atoms with Gasteiger partial charge in [0.05, 0.1) is 19.4 Å². The van der Waals surface area contributed by atoms with Crippen LogP contribution in [0, 0.1) is 6.92 Å². The van der Waals surface area contributed by atoms with E-state index in [4.69, 9.17) is 4.74 Å². The third-order valence-corrected chi connectivity index (χ3v) is 3.67. The first-order valence-electron chi connectivity index (χ1n) is 6.23. The maximum absolute atomic E-state index is 9.21. The molecule has 1 atom stereocenters. The molecule has 1 aliphatic heterocycles. The topological polar surface area (TPSA) is 32.7 Å². The summed E-state index contributed by atoms with van der Waals surface area (Å²) in [5, 5.41) is 9.21. The number of β-amino-alcohol motifs (C(OH)–C–C–N with tert-alkyl or cyclic N) is 1. The largest absolute Gasteiger partial charge is 0.495 e. The number of ether oxygens (including phenoxy) is 1. The van der Waals surface area contributed by atoms with Crippen LogP contribution < -0.4 is 9.64 Å². The molecule has 1 aromatic rings. The summed E-state index contributed by atoms with van der Waals surface area (Å²) in [5.74, 6) is 0.922. The lowest BCUT2D eigenvalue weighted by molar-refractivity contribution is 0.295. The van der Waals surface area contributed by atoms with Gasteiger partial charge in [-0.05, 0) is 43.9 Å². The van der Waals surface area contributed by atoms with Gasteiger partial charge in [-0.25, -0.2) is 0 Å². The molecule has 0 saturated carbocycles. The van der Waals surface area contributed by atoms with Gasteiger partial charge < -0.3 is 14.7 Å². The number of aryl methyl sites for hydroxylation is 1. The first-order valence-corrected chi connectivity index (χ1v) is 6.23. The van der Waals surface area contributed by atoms with E-state index in [-0.39, 0.29) is 6.61 Å². The predicted octanol–water partition coefficient (Wildman–Crippen LogP) is 2.14. The average molecular weight is 235 g/mol. The lowest BCUT2D eigenvalue weighted by atomic mass is 9.92. The summed E-state index contributed by atoms with van der Waals surface area (Å²) in [6.45, 7) is 5.21. The number of anilines is 1. The van der Waals surface area contributed by atoms with E-state index >= 15 is 0 Å². The molecule has 0 bridgehead atoms. The number of fused-ring (bicyclic) bond motifs is 1. The summed E-state index contributed by atoms with van der Waals surface area (Å²) in [4.78, 5) is 2.27. The highest BCUT2D eigenvalue weighted by Crippen LogP contribution is 2.39. The Hall–Kier alpha value is -1.22. The molecule has 94 valence electrons. The third kappa shape index (κ3) is 2.12. The lowest BCUT2D eigenvalue weighted by Crippen LogP contribution is -2.39. The van der Waals surface area contributed by atoms with E-state index in [1.807, 2.05) is 6.07 Å². The van der Waals surface area contributed by atoms with Crippen molar-refractivity contribution in [2.24, 2.45) is 0 Å². The van der Waals surface area contributed by atoms with Crippen molar-refractivity contribution in [2.45, 2.75) is 32.7 Å². The van der Waals surface area contributed by atoms with E-state index < -0.39 is 0 Å². The van der Waals surface area contributed by atoms with Gasteiger partial charge in [-0.15, -0.1) is 0 Å². The number of rotatable bonds is 3. The fourth-order valence-corrected chi connectivity index (χ4v) is 2.68. The Morgan fingerprint density at radius 1 is 1.47 bits per heavy atom. The second kappa shape index (κ2) is 4.96. The lowest BCUT2D eigenvalue weighted by Gasteiger charge is -2.38. The van der Waals surface area contributed by atoms with Crippen molar-refractivity contribution in [1.29, 1.82) is 0 Å². The molecular weight excluding hydrogens is 214 g/mol. The zero-order valence-electron chi connectivity index (χ0n) is 10.9.